The molecule has 0 aliphatic heterocycles. The van der Waals surface area contributed by atoms with Gasteiger partial charge in [-0.2, -0.15) is 0 Å². The van der Waals surface area contributed by atoms with Gasteiger partial charge in [-0.1, -0.05) is 19.4 Å². The van der Waals surface area contributed by atoms with E-state index >= 15 is 0 Å². The molecule has 0 unspecified atom stereocenters. The van der Waals surface area contributed by atoms with Crippen LogP contribution >= 0.6 is 15.9 Å². The number of methoxy groups -OCH3 is 1. The number of guanidine groups is 1. The van der Waals surface area contributed by atoms with E-state index in [-0.39, 0.29) is 0 Å². The Hall–Kier alpha value is -1.31. The molecule has 0 radical (unpaired) electrons. The molecule has 6 nitrogen and oxygen atoms in total. The quantitative estimate of drug-likeness (QED) is 0.312. The zero-order chi connectivity index (χ0) is 18.3. The number of unbranched alkanes of at least 4 members (excludes halogenated alkanes) is 1. The first kappa shape index (κ1) is 21.7. The molecule has 0 heterocycles. The molecule has 1 rings (SSSR count). The van der Waals surface area contributed by atoms with Gasteiger partial charge in [0, 0.05) is 26.7 Å². The van der Waals surface area contributed by atoms with Gasteiger partial charge in [0.05, 0.1) is 31.4 Å². The minimum atomic E-state index is 0.617. The Labute approximate surface area is 159 Å². The Morgan fingerprint density at radius 1 is 1.12 bits per heavy atom. The molecule has 0 spiro atoms. The summed E-state index contributed by atoms with van der Waals surface area (Å²) in [6.07, 6.45) is 2.26. The molecule has 7 heteroatoms. The van der Waals surface area contributed by atoms with Crippen LogP contribution in [-0.4, -0.2) is 53.1 Å². The van der Waals surface area contributed by atoms with Gasteiger partial charge in [0.2, 0.25) is 0 Å². The second-order valence-corrected chi connectivity index (χ2v) is 6.25. The maximum Gasteiger partial charge on any atom is 0.191 e. The molecular formula is C18H30BrN3O3. The van der Waals surface area contributed by atoms with Crippen molar-refractivity contribution in [2.24, 2.45) is 4.99 Å². The first-order valence-corrected chi connectivity index (χ1v) is 9.43. The molecule has 0 aromatic heterocycles. The lowest BCUT2D eigenvalue weighted by molar-refractivity contribution is 0.0487. The van der Waals surface area contributed by atoms with Crippen molar-refractivity contribution < 1.29 is 14.2 Å². The summed E-state index contributed by atoms with van der Waals surface area (Å²) < 4.78 is 17.1. The summed E-state index contributed by atoms with van der Waals surface area (Å²) in [5.41, 5.74) is 1.14. The van der Waals surface area contributed by atoms with Crippen molar-refractivity contribution in [2.45, 2.75) is 26.3 Å². The number of rotatable bonds is 12. The van der Waals surface area contributed by atoms with Crippen LogP contribution in [0.25, 0.3) is 0 Å². The van der Waals surface area contributed by atoms with Crippen LogP contribution in [0, 0.1) is 0 Å². The van der Waals surface area contributed by atoms with Crippen LogP contribution < -0.4 is 15.4 Å². The monoisotopic (exact) mass is 415 g/mol. The maximum absolute atomic E-state index is 5.52. The molecule has 0 saturated heterocycles. The lowest BCUT2D eigenvalue weighted by Crippen LogP contribution is -2.38. The molecule has 1 aromatic carbocycles. The number of hydrogen-bond donors (Lipinski definition) is 2. The summed E-state index contributed by atoms with van der Waals surface area (Å²) in [4.78, 5) is 4.20. The van der Waals surface area contributed by atoms with Gasteiger partial charge in [-0.15, -0.1) is 0 Å². The topological polar surface area (TPSA) is 64.1 Å². The summed E-state index contributed by atoms with van der Waals surface area (Å²) in [7, 11) is 3.41. The molecule has 0 bridgehead atoms. The fourth-order valence-electron chi connectivity index (χ4n) is 2.04. The molecule has 0 amide bonds. The van der Waals surface area contributed by atoms with Crippen LogP contribution in [0.1, 0.15) is 25.3 Å². The molecule has 2 N–H and O–H groups in total. The summed E-state index contributed by atoms with van der Waals surface area (Å²) in [5.74, 6) is 1.57. The minimum absolute atomic E-state index is 0.617. The first-order chi connectivity index (χ1) is 12.2. The smallest absolute Gasteiger partial charge is 0.191 e. The van der Waals surface area contributed by atoms with Gasteiger partial charge >= 0.3 is 0 Å². The fourth-order valence-corrected chi connectivity index (χ4v) is 2.62. The van der Waals surface area contributed by atoms with Gasteiger partial charge in [-0.3, -0.25) is 4.99 Å². The van der Waals surface area contributed by atoms with Gasteiger partial charge in [0.15, 0.2) is 5.96 Å². The number of hydrogen-bond acceptors (Lipinski definition) is 4. The number of halogens is 1. The van der Waals surface area contributed by atoms with Crippen molar-refractivity contribution in [2.75, 3.05) is 47.1 Å². The highest BCUT2D eigenvalue weighted by Gasteiger charge is 2.03. The van der Waals surface area contributed by atoms with Crippen LogP contribution in [0.2, 0.25) is 0 Å². The molecule has 0 saturated carbocycles. The Kier molecular flexibility index (Phi) is 12.1. The van der Waals surface area contributed by atoms with Crippen molar-refractivity contribution in [3.8, 4) is 5.75 Å². The minimum Gasteiger partial charge on any atom is -0.496 e. The van der Waals surface area contributed by atoms with Gasteiger partial charge in [0.25, 0.3) is 0 Å². The van der Waals surface area contributed by atoms with Crippen LogP contribution in [0.5, 0.6) is 5.75 Å². The zero-order valence-corrected chi connectivity index (χ0v) is 17.0. The first-order valence-electron chi connectivity index (χ1n) is 8.63. The van der Waals surface area contributed by atoms with E-state index in [1.165, 1.54) is 0 Å². The zero-order valence-electron chi connectivity index (χ0n) is 15.4. The number of benzene rings is 1. The molecule has 1 aromatic rings. The van der Waals surface area contributed by atoms with Gasteiger partial charge in [-0.05, 0) is 40.0 Å². The van der Waals surface area contributed by atoms with Crippen LogP contribution in [0.4, 0.5) is 0 Å². The summed E-state index contributed by atoms with van der Waals surface area (Å²) in [6.45, 7) is 6.23. The van der Waals surface area contributed by atoms with Crippen molar-refractivity contribution in [1.29, 1.82) is 0 Å². The summed E-state index contributed by atoms with van der Waals surface area (Å²) in [5, 5.41) is 6.50. The van der Waals surface area contributed by atoms with E-state index in [0.29, 0.717) is 32.9 Å². The predicted molar refractivity (Wildman–Crippen MR) is 105 cm³/mol. The standard InChI is InChI=1S/C18H30BrN3O3/c1-4-5-9-24-11-12-25-10-8-21-18(20-2)22-14-15-6-7-17(23-3)16(19)13-15/h6-7,13H,4-5,8-12,14H2,1-3H3,(H2,20,21,22). The van der Waals surface area contributed by atoms with Gasteiger partial charge < -0.3 is 24.8 Å². The van der Waals surface area contributed by atoms with E-state index in [0.717, 1.165) is 41.2 Å². The van der Waals surface area contributed by atoms with E-state index < -0.39 is 0 Å². The summed E-state index contributed by atoms with van der Waals surface area (Å²) >= 11 is 3.49. The highest BCUT2D eigenvalue weighted by Crippen LogP contribution is 2.25. The predicted octanol–water partition coefficient (Wildman–Crippen LogP) is 2.96. The fraction of sp³-hybridized carbons (Fsp3) is 0.611. The average molecular weight is 416 g/mol. The Morgan fingerprint density at radius 2 is 1.88 bits per heavy atom. The molecule has 0 fully saturated rings. The maximum atomic E-state index is 5.52. The number of ether oxygens (including phenoxy) is 3. The van der Waals surface area contributed by atoms with E-state index in [1.807, 2.05) is 18.2 Å². The van der Waals surface area contributed by atoms with E-state index in [9.17, 15) is 0 Å². The highest BCUT2D eigenvalue weighted by molar-refractivity contribution is 9.10. The molecule has 0 aliphatic carbocycles. The van der Waals surface area contributed by atoms with E-state index in [4.69, 9.17) is 14.2 Å². The summed E-state index contributed by atoms with van der Waals surface area (Å²) in [6, 6.07) is 5.99. The van der Waals surface area contributed by atoms with Crippen LogP contribution in [0.15, 0.2) is 27.7 Å². The number of aliphatic imine (C=N–C) groups is 1. The Balaban J connectivity index is 2.15. The van der Waals surface area contributed by atoms with Crippen LogP contribution in [0.3, 0.4) is 0 Å². The van der Waals surface area contributed by atoms with Crippen molar-refractivity contribution >= 4 is 21.9 Å². The third-order valence-corrected chi connectivity index (χ3v) is 4.07. The lowest BCUT2D eigenvalue weighted by atomic mass is 10.2. The number of nitrogens with zero attached hydrogens (tertiary/aromatic N) is 1. The molecule has 0 aliphatic rings. The highest BCUT2D eigenvalue weighted by atomic mass is 79.9. The average Bonchev–Trinajstić information content (AvgIpc) is 2.63. The van der Waals surface area contributed by atoms with Gasteiger partial charge in [-0.25, -0.2) is 0 Å². The molecular weight excluding hydrogens is 386 g/mol. The second-order valence-electron chi connectivity index (χ2n) is 5.40. The van der Waals surface area contributed by atoms with Crippen molar-refractivity contribution in [3.63, 3.8) is 0 Å². The third-order valence-electron chi connectivity index (χ3n) is 3.45. The number of nitrogens with one attached hydrogen (secondary N) is 2. The van der Waals surface area contributed by atoms with E-state index in [2.05, 4.69) is 38.5 Å². The SMILES string of the molecule is CCCCOCCOCCNC(=NC)NCc1ccc(OC)c(Br)c1. The second kappa shape index (κ2) is 13.9. The molecule has 0 atom stereocenters. The third kappa shape index (κ3) is 9.67. The van der Waals surface area contributed by atoms with Gasteiger partial charge in [0.1, 0.15) is 5.75 Å². The molecule has 25 heavy (non-hydrogen) atoms. The van der Waals surface area contributed by atoms with Crippen molar-refractivity contribution in [1.82, 2.24) is 10.6 Å². The van der Waals surface area contributed by atoms with Crippen molar-refractivity contribution in [3.05, 3.63) is 28.2 Å². The van der Waals surface area contributed by atoms with E-state index in [1.54, 1.807) is 14.2 Å². The Bertz CT molecular complexity index is 512. The van der Waals surface area contributed by atoms with Crippen LogP contribution in [-0.2, 0) is 16.0 Å². The largest absolute Gasteiger partial charge is 0.496 e. The molecule has 142 valence electrons. The Morgan fingerprint density at radius 3 is 2.52 bits per heavy atom. The normalized spacial score (nSPS) is 11.4. The lowest BCUT2D eigenvalue weighted by Gasteiger charge is -2.13.